The summed E-state index contributed by atoms with van der Waals surface area (Å²) in [5, 5.41) is 3.28. The maximum absolute atomic E-state index is 12.8. The summed E-state index contributed by atoms with van der Waals surface area (Å²) in [6.07, 6.45) is 1.95. The van der Waals surface area contributed by atoms with Crippen molar-refractivity contribution in [2.75, 3.05) is 33.3 Å². The second kappa shape index (κ2) is 8.34. The molecular weight excluding hydrogens is 307 g/mol. The Balaban J connectivity index is 0.00000242. The topological polar surface area (TPSA) is 41.6 Å². The Morgan fingerprint density at radius 2 is 2.09 bits per heavy atom. The monoisotopic (exact) mass is 330 g/mol. The largest absolute Gasteiger partial charge is 0.492 e. The molecule has 0 aliphatic carbocycles. The molecule has 2 rings (SSSR count). The Kier molecular flexibility index (Phi) is 7.10. The van der Waals surface area contributed by atoms with Gasteiger partial charge in [0.15, 0.2) is 0 Å². The first kappa shape index (κ1) is 18.7. The maximum atomic E-state index is 12.8. The van der Waals surface area contributed by atoms with E-state index in [2.05, 4.69) is 5.32 Å². The highest BCUT2D eigenvalue weighted by Gasteiger charge is 2.36. The van der Waals surface area contributed by atoms with Gasteiger partial charge in [-0.05, 0) is 50.6 Å². The zero-order valence-corrected chi connectivity index (χ0v) is 13.9. The minimum Gasteiger partial charge on any atom is -0.492 e. The first-order valence-corrected chi connectivity index (χ1v) is 7.36. The minimum absolute atomic E-state index is 0. The van der Waals surface area contributed by atoms with E-state index in [4.69, 9.17) is 4.74 Å². The maximum Gasteiger partial charge on any atom is 0.229 e. The molecule has 1 aromatic rings. The van der Waals surface area contributed by atoms with Crippen molar-refractivity contribution in [3.8, 4) is 5.75 Å². The first-order chi connectivity index (χ1) is 10.0. The molecular formula is C16H24ClFN2O2. The highest BCUT2D eigenvalue weighted by Crippen LogP contribution is 2.27. The van der Waals surface area contributed by atoms with E-state index in [0.717, 1.165) is 25.9 Å². The van der Waals surface area contributed by atoms with Crippen molar-refractivity contribution in [1.29, 1.82) is 0 Å². The van der Waals surface area contributed by atoms with Crippen LogP contribution in [-0.2, 0) is 4.79 Å². The fourth-order valence-electron chi connectivity index (χ4n) is 2.63. The third-order valence-corrected chi connectivity index (χ3v) is 3.97. The van der Waals surface area contributed by atoms with Gasteiger partial charge in [0.05, 0.1) is 12.0 Å². The van der Waals surface area contributed by atoms with Crippen molar-refractivity contribution >= 4 is 18.3 Å². The second-order valence-corrected chi connectivity index (χ2v) is 5.87. The summed E-state index contributed by atoms with van der Waals surface area (Å²) >= 11 is 0. The molecule has 1 aromatic carbocycles. The van der Waals surface area contributed by atoms with Crippen LogP contribution >= 0.6 is 12.4 Å². The lowest BCUT2D eigenvalue weighted by molar-refractivity contribution is -0.141. The van der Waals surface area contributed by atoms with Gasteiger partial charge in [0, 0.05) is 13.6 Å². The number of hydrogen-bond donors (Lipinski definition) is 1. The van der Waals surface area contributed by atoms with Crippen LogP contribution in [0, 0.1) is 11.2 Å². The number of carbonyl (C=O) groups excluding carboxylic acids is 1. The number of benzene rings is 1. The van der Waals surface area contributed by atoms with E-state index in [9.17, 15) is 9.18 Å². The molecule has 6 heteroatoms. The number of nitrogens with zero attached hydrogens (tertiary/aromatic N) is 1. The van der Waals surface area contributed by atoms with Gasteiger partial charge in [-0.25, -0.2) is 4.39 Å². The van der Waals surface area contributed by atoms with E-state index in [0.29, 0.717) is 18.9 Å². The predicted octanol–water partition coefficient (Wildman–Crippen LogP) is 2.47. The van der Waals surface area contributed by atoms with Crippen molar-refractivity contribution in [3.05, 3.63) is 30.1 Å². The van der Waals surface area contributed by atoms with Crippen LogP contribution in [0.1, 0.15) is 19.8 Å². The van der Waals surface area contributed by atoms with Gasteiger partial charge >= 0.3 is 0 Å². The smallest absolute Gasteiger partial charge is 0.229 e. The predicted molar refractivity (Wildman–Crippen MR) is 87.0 cm³/mol. The van der Waals surface area contributed by atoms with E-state index in [-0.39, 0.29) is 29.5 Å². The average molecular weight is 331 g/mol. The summed E-state index contributed by atoms with van der Waals surface area (Å²) in [6.45, 7) is 4.65. The fourth-order valence-corrected chi connectivity index (χ4v) is 2.63. The summed E-state index contributed by atoms with van der Waals surface area (Å²) in [5.41, 5.74) is -0.317. The second-order valence-electron chi connectivity index (χ2n) is 5.87. The van der Waals surface area contributed by atoms with Crippen LogP contribution in [0.25, 0.3) is 0 Å². The molecule has 1 saturated heterocycles. The number of piperidine rings is 1. The molecule has 1 fully saturated rings. The molecule has 0 bridgehead atoms. The first-order valence-electron chi connectivity index (χ1n) is 7.36. The molecule has 4 nitrogen and oxygen atoms in total. The molecule has 1 aliphatic rings. The number of carbonyl (C=O) groups is 1. The molecule has 0 saturated carbocycles. The van der Waals surface area contributed by atoms with Crippen molar-refractivity contribution in [2.24, 2.45) is 5.41 Å². The lowest BCUT2D eigenvalue weighted by Crippen LogP contribution is -2.49. The Bertz CT molecular complexity index is 476. The summed E-state index contributed by atoms with van der Waals surface area (Å²) in [4.78, 5) is 14.2. The third kappa shape index (κ3) is 4.85. The molecule has 0 spiro atoms. The Morgan fingerprint density at radius 1 is 1.41 bits per heavy atom. The number of nitrogens with one attached hydrogen (secondary N) is 1. The van der Waals surface area contributed by atoms with Gasteiger partial charge in [0.2, 0.25) is 5.91 Å². The van der Waals surface area contributed by atoms with Gasteiger partial charge in [-0.2, -0.15) is 0 Å². The van der Waals surface area contributed by atoms with Crippen molar-refractivity contribution in [2.45, 2.75) is 19.8 Å². The van der Waals surface area contributed by atoms with Crippen LogP contribution in [0.4, 0.5) is 4.39 Å². The number of rotatable bonds is 5. The zero-order valence-electron chi connectivity index (χ0n) is 13.1. The van der Waals surface area contributed by atoms with Gasteiger partial charge in [-0.15, -0.1) is 12.4 Å². The molecule has 1 amide bonds. The molecule has 0 radical (unpaired) electrons. The molecule has 124 valence electrons. The number of ether oxygens (including phenoxy) is 1. The summed E-state index contributed by atoms with van der Waals surface area (Å²) in [5.74, 6) is 0.479. The van der Waals surface area contributed by atoms with Gasteiger partial charge < -0.3 is 15.0 Å². The molecule has 0 aromatic heterocycles. The summed E-state index contributed by atoms with van der Waals surface area (Å²) in [6, 6.07) is 5.89. The molecule has 1 N–H and O–H groups in total. The van der Waals surface area contributed by atoms with Crippen LogP contribution in [0.2, 0.25) is 0 Å². The van der Waals surface area contributed by atoms with Crippen LogP contribution in [0.5, 0.6) is 5.75 Å². The molecule has 1 atom stereocenters. The van der Waals surface area contributed by atoms with E-state index in [1.54, 1.807) is 24.1 Å². The molecule has 22 heavy (non-hydrogen) atoms. The van der Waals surface area contributed by atoms with Crippen LogP contribution in [0.15, 0.2) is 24.3 Å². The molecule has 1 heterocycles. The Labute approximate surface area is 137 Å². The SMILES string of the molecule is CN(CCOc1ccc(F)cc1)C(=O)C1(C)CCCNC1.Cl. The Morgan fingerprint density at radius 3 is 2.68 bits per heavy atom. The number of likely N-dealkylation sites (N-methyl/N-ethyl adjacent to an activating group) is 1. The highest BCUT2D eigenvalue weighted by molar-refractivity contribution is 5.85. The average Bonchev–Trinajstić information content (AvgIpc) is 2.49. The lowest BCUT2D eigenvalue weighted by Gasteiger charge is -2.36. The lowest BCUT2D eigenvalue weighted by atomic mass is 9.81. The van der Waals surface area contributed by atoms with E-state index < -0.39 is 0 Å². The molecule has 1 unspecified atom stereocenters. The van der Waals surface area contributed by atoms with Crippen LogP contribution in [-0.4, -0.2) is 44.1 Å². The Hall–Kier alpha value is -1.33. The number of amides is 1. The zero-order chi connectivity index (χ0) is 15.3. The molecule has 1 aliphatic heterocycles. The van der Waals surface area contributed by atoms with Gasteiger partial charge in [-0.1, -0.05) is 0 Å². The summed E-state index contributed by atoms with van der Waals surface area (Å²) in [7, 11) is 1.80. The normalized spacial score (nSPS) is 20.9. The van der Waals surface area contributed by atoms with E-state index >= 15 is 0 Å². The van der Waals surface area contributed by atoms with Crippen molar-refractivity contribution in [3.63, 3.8) is 0 Å². The number of halogens is 2. The van der Waals surface area contributed by atoms with Crippen molar-refractivity contribution in [1.82, 2.24) is 10.2 Å². The minimum atomic E-state index is -0.317. The fraction of sp³-hybridized carbons (Fsp3) is 0.562. The van der Waals surface area contributed by atoms with Gasteiger partial charge in [0.1, 0.15) is 18.2 Å². The third-order valence-electron chi connectivity index (χ3n) is 3.97. The van der Waals surface area contributed by atoms with E-state index in [1.165, 1.54) is 12.1 Å². The number of hydrogen-bond acceptors (Lipinski definition) is 3. The van der Waals surface area contributed by atoms with Crippen LogP contribution < -0.4 is 10.1 Å². The standard InChI is InChI=1S/C16H23FN2O2.ClH/c1-16(8-3-9-18-12-16)15(20)19(2)10-11-21-14-6-4-13(17)5-7-14;/h4-7,18H,3,8-12H2,1-2H3;1H. The van der Waals surface area contributed by atoms with Gasteiger partial charge in [-0.3, -0.25) is 4.79 Å². The summed E-state index contributed by atoms with van der Waals surface area (Å²) < 4.78 is 18.3. The quantitative estimate of drug-likeness (QED) is 0.901. The van der Waals surface area contributed by atoms with Crippen molar-refractivity contribution < 1.29 is 13.9 Å². The van der Waals surface area contributed by atoms with Crippen LogP contribution in [0.3, 0.4) is 0 Å². The van der Waals surface area contributed by atoms with E-state index in [1.807, 2.05) is 6.92 Å². The highest BCUT2D eigenvalue weighted by atomic mass is 35.5. The van der Waals surface area contributed by atoms with Gasteiger partial charge in [0.25, 0.3) is 0 Å².